The van der Waals surface area contributed by atoms with E-state index < -0.39 is 29.1 Å². The van der Waals surface area contributed by atoms with E-state index in [1.165, 1.54) is 6.07 Å². The van der Waals surface area contributed by atoms with E-state index in [1.54, 1.807) is 18.7 Å². The maximum absolute atomic E-state index is 13.9. The molecule has 1 atom stereocenters. The molecule has 1 aromatic carbocycles. The Bertz CT molecular complexity index is 799. The van der Waals surface area contributed by atoms with E-state index in [9.17, 15) is 23.2 Å². The van der Waals surface area contributed by atoms with Crippen molar-refractivity contribution in [2.45, 2.75) is 32.7 Å². The highest BCUT2D eigenvalue weighted by Gasteiger charge is 2.32. The van der Waals surface area contributed by atoms with Crippen LogP contribution >= 0.6 is 0 Å². The Morgan fingerprint density at radius 1 is 0.935 bits per heavy atom. The lowest BCUT2D eigenvalue weighted by molar-refractivity contribution is -0.137. The summed E-state index contributed by atoms with van der Waals surface area (Å²) >= 11 is 0. The summed E-state index contributed by atoms with van der Waals surface area (Å²) in [7, 11) is 0. The second-order valence-electron chi connectivity index (χ2n) is 8.48. The Morgan fingerprint density at radius 3 is 2.06 bits per heavy atom. The van der Waals surface area contributed by atoms with Crippen LogP contribution in [0.25, 0.3) is 0 Å². The highest BCUT2D eigenvalue weighted by atomic mass is 19.1. The van der Waals surface area contributed by atoms with Gasteiger partial charge in [-0.15, -0.1) is 0 Å². The van der Waals surface area contributed by atoms with E-state index in [-0.39, 0.29) is 17.7 Å². The summed E-state index contributed by atoms with van der Waals surface area (Å²) in [5.41, 5.74) is -0.689. The average Bonchev–Trinajstić information content (AvgIpc) is 3.27. The van der Waals surface area contributed by atoms with Gasteiger partial charge in [0.1, 0.15) is 23.2 Å². The summed E-state index contributed by atoms with van der Waals surface area (Å²) in [6.45, 7) is 7.50. The highest BCUT2D eigenvalue weighted by Crippen LogP contribution is 2.15. The average molecular weight is 437 g/mol. The van der Waals surface area contributed by atoms with Crippen molar-refractivity contribution < 1.29 is 23.2 Å². The summed E-state index contributed by atoms with van der Waals surface area (Å²) in [6, 6.07) is 2.30. The van der Waals surface area contributed by atoms with Crippen molar-refractivity contribution in [2.24, 2.45) is 5.92 Å². The molecule has 0 aromatic heterocycles. The maximum atomic E-state index is 13.9. The predicted molar refractivity (Wildman–Crippen MR) is 111 cm³/mol. The maximum Gasteiger partial charge on any atom is 0.257 e. The van der Waals surface area contributed by atoms with Gasteiger partial charge in [0.15, 0.2) is 0 Å². The SMILES string of the molecule is CC(C)C(NC(=O)c1c(F)cccc1F)C(=O)N1CCN(CC(=O)N2CCCC2)CC1. The summed E-state index contributed by atoms with van der Waals surface area (Å²) < 4.78 is 27.9. The first-order valence-electron chi connectivity index (χ1n) is 10.8. The number of amides is 3. The zero-order chi connectivity index (χ0) is 22.5. The van der Waals surface area contributed by atoms with Crippen LogP contribution in [0.2, 0.25) is 0 Å². The Morgan fingerprint density at radius 2 is 1.52 bits per heavy atom. The fourth-order valence-corrected chi connectivity index (χ4v) is 4.02. The molecule has 2 heterocycles. The first kappa shape index (κ1) is 23.1. The van der Waals surface area contributed by atoms with Gasteiger partial charge < -0.3 is 15.1 Å². The van der Waals surface area contributed by atoms with Gasteiger partial charge in [-0.05, 0) is 30.9 Å². The molecule has 0 aliphatic carbocycles. The van der Waals surface area contributed by atoms with Gasteiger partial charge in [-0.2, -0.15) is 0 Å². The third kappa shape index (κ3) is 5.58. The molecule has 2 saturated heterocycles. The molecule has 170 valence electrons. The molecular formula is C22H30F2N4O3. The van der Waals surface area contributed by atoms with Gasteiger partial charge in [0, 0.05) is 39.3 Å². The van der Waals surface area contributed by atoms with Crippen LogP contribution in [-0.2, 0) is 9.59 Å². The van der Waals surface area contributed by atoms with Crippen LogP contribution in [-0.4, -0.2) is 84.3 Å². The number of nitrogens with zero attached hydrogens (tertiary/aromatic N) is 3. The van der Waals surface area contributed by atoms with E-state index in [2.05, 4.69) is 5.32 Å². The molecule has 0 bridgehead atoms. The third-order valence-electron chi connectivity index (χ3n) is 5.91. The molecule has 3 rings (SSSR count). The Balaban J connectivity index is 1.57. The van der Waals surface area contributed by atoms with E-state index >= 15 is 0 Å². The number of hydrogen-bond acceptors (Lipinski definition) is 4. The lowest BCUT2D eigenvalue weighted by Gasteiger charge is -2.37. The summed E-state index contributed by atoms with van der Waals surface area (Å²) in [6.07, 6.45) is 2.10. The minimum absolute atomic E-state index is 0.122. The number of rotatable bonds is 6. The van der Waals surface area contributed by atoms with E-state index in [1.807, 2.05) is 9.80 Å². The van der Waals surface area contributed by atoms with Crippen LogP contribution in [0.5, 0.6) is 0 Å². The third-order valence-corrected chi connectivity index (χ3v) is 5.91. The second kappa shape index (κ2) is 10.2. The topological polar surface area (TPSA) is 73.0 Å². The van der Waals surface area contributed by atoms with Crippen LogP contribution in [0.1, 0.15) is 37.0 Å². The monoisotopic (exact) mass is 436 g/mol. The zero-order valence-electron chi connectivity index (χ0n) is 18.1. The van der Waals surface area contributed by atoms with Gasteiger partial charge in [0.25, 0.3) is 5.91 Å². The smallest absolute Gasteiger partial charge is 0.257 e. The second-order valence-corrected chi connectivity index (χ2v) is 8.48. The van der Waals surface area contributed by atoms with Gasteiger partial charge in [0.2, 0.25) is 11.8 Å². The molecule has 2 fully saturated rings. The van der Waals surface area contributed by atoms with Crippen LogP contribution in [0, 0.1) is 17.6 Å². The quantitative estimate of drug-likeness (QED) is 0.734. The van der Waals surface area contributed by atoms with Crippen molar-refractivity contribution in [1.82, 2.24) is 20.0 Å². The number of carbonyl (C=O) groups is 3. The van der Waals surface area contributed by atoms with Gasteiger partial charge in [-0.1, -0.05) is 19.9 Å². The lowest BCUT2D eigenvalue weighted by atomic mass is 10.0. The molecule has 0 radical (unpaired) electrons. The number of likely N-dealkylation sites (tertiary alicyclic amines) is 1. The van der Waals surface area contributed by atoms with Crippen molar-refractivity contribution in [3.63, 3.8) is 0 Å². The minimum Gasteiger partial charge on any atom is -0.342 e. The van der Waals surface area contributed by atoms with Gasteiger partial charge >= 0.3 is 0 Å². The van der Waals surface area contributed by atoms with Crippen molar-refractivity contribution >= 4 is 17.7 Å². The standard InChI is InChI=1S/C22H30F2N4O3/c1-15(2)20(25-21(30)19-16(23)6-5-7-17(19)24)22(31)28-12-10-26(11-13-28)14-18(29)27-8-3-4-9-27/h5-7,15,20H,3-4,8-14H2,1-2H3,(H,25,30). The fraction of sp³-hybridized carbons (Fsp3) is 0.591. The fourth-order valence-electron chi connectivity index (χ4n) is 4.02. The lowest BCUT2D eigenvalue weighted by Crippen LogP contribution is -2.57. The Kier molecular flexibility index (Phi) is 7.59. The van der Waals surface area contributed by atoms with Crippen LogP contribution in [0.3, 0.4) is 0 Å². The molecule has 9 heteroatoms. The first-order valence-corrected chi connectivity index (χ1v) is 10.8. The molecule has 2 aliphatic heterocycles. The number of piperazine rings is 1. The van der Waals surface area contributed by atoms with Crippen LogP contribution < -0.4 is 5.32 Å². The molecule has 1 N–H and O–H groups in total. The van der Waals surface area contributed by atoms with E-state index in [0.717, 1.165) is 38.1 Å². The van der Waals surface area contributed by atoms with Crippen molar-refractivity contribution in [1.29, 1.82) is 0 Å². The summed E-state index contributed by atoms with van der Waals surface area (Å²) in [4.78, 5) is 43.4. The number of nitrogens with one attached hydrogen (secondary N) is 1. The Labute approximate surface area is 181 Å². The largest absolute Gasteiger partial charge is 0.342 e. The molecule has 31 heavy (non-hydrogen) atoms. The number of halogens is 2. The molecular weight excluding hydrogens is 406 g/mol. The molecule has 0 saturated carbocycles. The number of carbonyl (C=O) groups excluding carboxylic acids is 3. The molecule has 0 spiro atoms. The van der Waals surface area contributed by atoms with Gasteiger partial charge in [-0.3, -0.25) is 19.3 Å². The van der Waals surface area contributed by atoms with Crippen molar-refractivity contribution in [2.75, 3.05) is 45.8 Å². The van der Waals surface area contributed by atoms with Crippen molar-refractivity contribution in [3.8, 4) is 0 Å². The summed E-state index contributed by atoms with van der Waals surface area (Å²) in [5.74, 6) is -3.31. The predicted octanol–water partition coefficient (Wildman–Crippen LogP) is 1.49. The molecule has 1 unspecified atom stereocenters. The van der Waals surface area contributed by atoms with Gasteiger partial charge in [-0.25, -0.2) is 8.78 Å². The van der Waals surface area contributed by atoms with Crippen molar-refractivity contribution in [3.05, 3.63) is 35.4 Å². The van der Waals surface area contributed by atoms with Crippen LogP contribution in [0.4, 0.5) is 8.78 Å². The van der Waals surface area contributed by atoms with E-state index in [0.29, 0.717) is 32.7 Å². The molecule has 3 amide bonds. The molecule has 1 aromatic rings. The van der Waals surface area contributed by atoms with Crippen LogP contribution in [0.15, 0.2) is 18.2 Å². The van der Waals surface area contributed by atoms with Gasteiger partial charge in [0.05, 0.1) is 6.54 Å². The minimum atomic E-state index is -0.969. The normalized spacial score (nSPS) is 18.4. The zero-order valence-corrected chi connectivity index (χ0v) is 18.1. The Hall–Kier alpha value is -2.55. The number of hydrogen-bond donors (Lipinski definition) is 1. The highest BCUT2D eigenvalue weighted by molar-refractivity contribution is 5.98. The molecule has 7 nitrogen and oxygen atoms in total. The summed E-state index contributed by atoms with van der Waals surface area (Å²) in [5, 5.41) is 2.51. The molecule has 2 aliphatic rings. The van der Waals surface area contributed by atoms with E-state index in [4.69, 9.17) is 0 Å². The first-order chi connectivity index (χ1) is 14.8. The number of benzene rings is 1.